The quantitative estimate of drug-likeness (QED) is 0.173. The molecule has 3 atom stereocenters. The van der Waals surface area contributed by atoms with Gasteiger partial charge in [-0.25, -0.2) is 4.98 Å². The number of hydrogen-bond donors (Lipinski definition) is 1. The van der Waals surface area contributed by atoms with E-state index in [9.17, 15) is 14.7 Å². The molecule has 1 saturated heterocycles. The van der Waals surface area contributed by atoms with Gasteiger partial charge in [0, 0.05) is 6.42 Å². The number of carbonyl (C=O) groups excluding carboxylic acids is 1. The first-order valence-corrected chi connectivity index (χ1v) is 22.6. The van der Waals surface area contributed by atoms with Crippen molar-refractivity contribution < 1.29 is 42.3 Å². The van der Waals surface area contributed by atoms with Crippen molar-refractivity contribution in [3.8, 4) is 5.75 Å². The second-order valence-corrected chi connectivity index (χ2v) is 24.1. The van der Waals surface area contributed by atoms with E-state index >= 15 is 0 Å². The third kappa shape index (κ3) is 8.21. The number of unbranched alkanes of at least 4 members (excludes halogenated alkanes) is 2. The number of oxazole rings is 1. The summed E-state index contributed by atoms with van der Waals surface area (Å²) in [6.45, 7) is 5.14. The van der Waals surface area contributed by atoms with Crippen molar-refractivity contribution in [3.63, 3.8) is 0 Å². The number of likely N-dealkylation sites (tertiary alicyclic amines) is 1. The predicted octanol–water partition coefficient (Wildman–Crippen LogP) is 1.17. The van der Waals surface area contributed by atoms with E-state index in [-0.39, 0.29) is 24.4 Å². The zero-order valence-electron chi connectivity index (χ0n) is 24.6. The van der Waals surface area contributed by atoms with Gasteiger partial charge in [-0.15, -0.1) is 0 Å². The van der Waals surface area contributed by atoms with Gasteiger partial charge in [0.2, 0.25) is 0 Å². The van der Waals surface area contributed by atoms with Crippen LogP contribution in [0.3, 0.4) is 0 Å². The molecule has 1 aromatic carbocycles. The Labute approximate surface area is 243 Å². The van der Waals surface area contributed by atoms with Crippen molar-refractivity contribution >= 4 is 11.9 Å². The van der Waals surface area contributed by atoms with Crippen LogP contribution in [0.5, 0.6) is 5.75 Å². The number of halogens is 1. The maximum absolute atomic E-state index is 13.7. The van der Waals surface area contributed by atoms with E-state index in [1.165, 1.54) is 10.8 Å². The Balaban J connectivity index is 1.52. The molecule has 40 heavy (non-hydrogen) atoms. The van der Waals surface area contributed by atoms with Crippen LogP contribution in [0.25, 0.3) is 0 Å². The molecular formula is C31H47IN3O5-. The van der Waals surface area contributed by atoms with Crippen LogP contribution in [0.4, 0.5) is 0 Å². The van der Waals surface area contributed by atoms with E-state index < -0.39 is 30.3 Å². The van der Waals surface area contributed by atoms with E-state index in [0.717, 1.165) is 55.6 Å². The van der Waals surface area contributed by atoms with Crippen molar-refractivity contribution in [1.29, 1.82) is 0 Å². The number of ether oxygens (including phenoxy) is 1. The maximum atomic E-state index is 13.7. The van der Waals surface area contributed by atoms with Crippen molar-refractivity contribution in [3.05, 3.63) is 47.7 Å². The van der Waals surface area contributed by atoms with E-state index in [1.807, 2.05) is 17.0 Å². The summed E-state index contributed by atoms with van der Waals surface area (Å²) in [6.07, 6.45) is 9.32. The summed E-state index contributed by atoms with van der Waals surface area (Å²) < 4.78 is 12.5. The Kier molecular flexibility index (Phi) is 10.9. The molecule has 1 N–H and O–H groups in total. The van der Waals surface area contributed by atoms with Crippen molar-refractivity contribution in [2.75, 3.05) is 52.0 Å². The van der Waals surface area contributed by atoms with Gasteiger partial charge in [-0.3, -0.25) is 0 Å². The standard InChI is InChI=1S/C31H47IN3O5/c1-5-6-16-34(17-8-7-14-32(2,3)4)29(36)22-35-21-25(23-9-11-27-24(20-23)13-18-39-27)30(31(37)38)26(35)10-12-28-33-15-19-40-28/h9,11,15,19-20,25-26,30H,5-8,10,12-14,16-18,21-22H2,1-4H3,(H,37,38)/q-1/t25-,26+,30-/m1/s1. The molecule has 2 aliphatic heterocycles. The Morgan fingerprint density at radius 3 is 2.67 bits per heavy atom. The fourth-order valence-corrected chi connectivity index (χ4v) is 8.88. The monoisotopic (exact) mass is 668 g/mol. The van der Waals surface area contributed by atoms with Crippen LogP contribution in [0.15, 0.2) is 35.1 Å². The summed E-state index contributed by atoms with van der Waals surface area (Å²) in [5.74, 6) is -0.0366. The molecule has 0 radical (unpaired) electrons. The molecule has 1 fully saturated rings. The number of fused-ring (bicyclic) bond motifs is 1. The fraction of sp³-hybridized carbons (Fsp3) is 0.645. The van der Waals surface area contributed by atoms with Crippen LogP contribution in [-0.4, -0.2) is 89.8 Å². The second-order valence-electron chi connectivity index (χ2n) is 12.0. The van der Waals surface area contributed by atoms with E-state index in [2.05, 4.69) is 37.7 Å². The molecule has 2 aromatic rings. The molecule has 0 spiro atoms. The number of carbonyl (C=O) groups is 2. The van der Waals surface area contributed by atoms with Gasteiger partial charge in [0.1, 0.15) is 12.0 Å². The molecule has 0 bridgehead atoms. The van der Waals surface area contributed by atoms with Crippen LogP contribution < -0.4 is 23.2 Å². The summed E-state index contributed by atoms with van der Waals surface area (Å²) >= 11 is -1.52. The van der Waals surface area contributed by atoms with E-state index in [1.54, 1.807) is 12.5 Å². The van der Waals surface area contributed by atoms with Crippen LogP contribution in [0, 0.1) is 5.92 Å². The number of carboxylic acid groups (broad SMARTS) is 1. The van der Waals surface area contributed by atoms with Gasteiger partial charge >= 0.3 is 187 Å². The summed E-state index contributed by atoms with van der Waals surface area (Å²) in [5.41, 5.74) is 2.15. The Hall–Kier alpha value is -2.14. The molecule has 1 amide bonds. The molecule has 4 rings (SSSR count). The molecular weight excluding hydrogens is 621 g/mol. The Morgan fingerprint density at radius 2 is 1.98 bits per heavy atom. The van der Waals surface area contributed by atoms with Gasteiger partial charge < -0.3 is 9.15 Å². The van der Waals surface area contributed by atoms with Crippen LogP contribution in [0.2, 0.25) is 0 Å². The number of nitrogens with zero attached hydrogens (tertiary/aromatic N) is 3. The number of aliphatic carboxylic acids is 1. The average molecular weight is 669 g/mol. The zero-order chi connectivity index (χ0) is 28.7. The molecule has 1 aromatic heterocycles. The summed E-state index contributed by atoms with van der Waals surface area (Å²) in [4.78, 5) is 42.2. The molecule has 0 aliphatic carbocycles. The molecule has 9 heteroatoms. The summed E-state index contributed by atoms with van der Waals surface area (Å²) in [7, 11) is 0. The Morgan fingerprint density at radius 1 is 1.18 bits per heavy atom. The van der Waals surface area contributed by atoms with Gasteiger partial charge in [-0.05, 0) is 11.6 Å². The molecule has 8 nitrogen and oxygen atoms in total. The zero-order valence-corrected chi connectivity index (χ0v) is 26.8. The number of hydrogen-bond acceptors (Lipinski definition) is 6. The Bertz CT molecular complexity index is 1120. The van der Waals surface area contributed by atoms with Gasteiger partial charge in [0.15, 0.2) is 0 Å². The normalized spacial score (nSPS) is 21.2. The number of rotatable bonds is 15. The number of aryl methyl sites for hydroxylation is 1. The van der Waals surface area contributed by atoms with Crippen molar-refractivity contribution in [2.24, 2.45) is 5.92 Å². The number of benzene rings is 1. The molecule has 0 unspecified atom stereocenters. The first kappa shape index (κ1) is 30.8. The van der Waals surface area contributed by atoms with Gasteiger partial charge in [0.25, 0.3) is 0 Å². The first-order valence-electron chi connectivity index (χ1n) is 14.6. The number of carboxylic acids is 1. The topological polar surface area (TPSA) is 96.1 Å². The smallest absolute Gasteiger partial charge is 0.449 e. The molecule has 0 saturated carbocycles. The first-order chi connectivity index (χ1) is 19.2. The van der Waals surface area contributed by atoms with Gasteiger partial charge in [0.05, 0.1) is 12.8 Å². The van der Waals surface area contributed by atoms with Crippen LogP contribution >= 0.6 is 0 Å². The van der Waals surface area contributed by atoms with Crippen LogP contribution in [-0.2, 0) is 22.4 Å². The minimum atomic E-state index is -1.52. The van der Waals surface area contributed by atoms with Crippen molar-refractivity contribution in [2.45, 2.75) is 63.8 Å². The SMILES string of the molecule is CCCCN(CCCC[I-](C)(C)C)C(=O)CN1C[C@H](c2ccc3c(c2)CCO3)[C@@H](C(=O)O)[C@@H]1CCc1ncco1. The third-order valence-electron chi connectivity index (χ3n) is 8.16. The molecule has 2 aliphatic rings. The number of amides is 1. The summed E-state index contributed by atoms with van der Waals surface area (Å²) in [6, 6.07) is 5.81. The fourth-order valence-electron chi connectivity index (χ4n) is 6.06. The second kappa shape index (κ2) is 14.2. The van der Waals surface area contributed by atoms with Crippen molar-refractivity contribution in [1.82, 2.24) is 14.8 Å². The number of alkyl halides is 4. The van der Waals surface area contributed by atoms with E-state index in [4.69, 9.17) is 9.15 Å². The summed E-state index contributed by atoms with van der Waals surface area (Å²) in [5, 5.41) is 10.5. The molecule has 224 valence electrons. The average Bonchev–Trinajstić information content (AvgIpc) is 3.66. The molecule has 3 heterocycles. The van der Waals surface area contributed by atoms with E-state index in [0.29, 0.717) is 31.9 Å². The third-order valence-corrected chi connectivity index (χ3v) is 12.2. The number of aromatic nitrogens is 1. The minimum absolute atomic E-state index is 0.110. The predicted molar refractivity (Wildman–Crippen MR) is 153 cm³/mol. The van der Waals surface area contributed by atoms with Gasteiger partial charge in [-0.2, -0.15) is 0 Å². The van der Waals surface area contributed by atoms with Crippen LogP contribution in [0.1, 0.15) is 62.0 Å². The van der Waals surface area contributed by atoms with Gasteiger partial charge in [-0.1, -0.05) is 0 Å². The minimum Gasteiger partial charge on any atom is -0.449 e.